The highest BCUT2D eigenvalue weighted by Gasteiger charge is 2.36. The predicted octanol–water partition coefficient (Wildman–Crippen LogP) is 3.40. The van der Waals surface area contributed by atoms with Gasteiger partial charge in [-0.1, -0.05) is 20.8 Å². The molecule has 2 aromatic rings. The van der Waals surface area contributed by atoms with Gasteiger partial charge in [0.05, 0.1) is 34.3 Å². The number of aliphatic hydroxyl groups is 1. The number of Topliss-reactive ketones (excluding diaryl/α,β-unsaturated/α-hetero) is 1. The summed E-state index contributed by atoms with van der Waals surface area (Å²) < 4.78 is 1.87. The van der Waals surface area contributed by atoms with Crippen molar-refractivity contribution in [2.24, 2.45) is 11.1 Å². The summed E-state index contributed by atoms with van der Waals surface area (Å²) in [6, 6.07) is 5.65. The lowest BCUT2D eigenvalue weighted by molar-refractivity contribution is 0.0909. The maximum Gasteiger partial charge on any atom is 0.250 e. The Bertz CT molecular complexity index is 1020. The number of amides is 1. The Kier molecular flexibility index (Phi) is 5.64. The van der Waals surface area contributed by atoms with Gasteiger partial charge in [-0.15, -0.1) is 0 Å². The summed E-state index contributed by atoms with van der Waals surface area (Å²) in [4.78, 5) is 24.9. The van der Waals surface area contributed by atoms with Crippen LogP contribution in [0.15, 0.2) is 18.2 Å². The van der Waals surface area contributed by atoms with Crippen LogP contribution in [-0.4, -0.2) is 38.7 Å². The van der Waals surface area contributed by atoms with Crippen LogP contribution in [0.4, 0.5) is 5.69 Å². The Morgan fingerprint density at radius 2 is 1.97 bits per heavy atom. The largest absolute Gasteiger partial charge is 0.393 e. The van der Waals surface area contributed by atoms with Crippen LogP contribution in [-0.2, 0) is 12.8 Å². The van der Waals surface area contributed by atoms with Gasteiger partial charge in [-0.25, -0.2) is 4.68 Å². The zero-order valence-electron chi connectivity index (χ0n) is 18.6. The monoisotopic (exact) mass is 424 g/mol. The fraction of sp³-hybridized carbons (Fsp3) is 0.542. The van der Waals surface area contributed by atoms with Crippen LogP contribution in [0.25, 0.3) is 5.69 Å². The van der Waals surface area contributed by atoms with Gasteiger partial charge in [-0.2, -0.15) is 5.10 Å². The Hall–Kier alpha value is -2.67. The fourth-order valence-electron chi connectivity index (χ4n) is 4.93. The van der Waals surface area contributed by atoms with Crippen LogP contribution >= 0.6 is 0 Å². The number of aromatic nitrogens is 2. The van der Waals surface area contributed by atoms with Crippen molar-refractivity contribution < 1.29 is 14.7 Å². The zero-order valence-corrected chi connectivity index (χ0v) is 18.6. The van der Waals surface area contributed by atoms with Crippen LogP contribution in [0.3, 0.4) is 0 Å². The van der Waals surface area contributed by atoms with Gasteiger partial charge in [0.15, 0.2) is 5.78 Å². The van der Waals surface area contributed by atoms with Gasteiger partial charge >= 0.3 is 0 Å². The second-order valence-corrected chi connectivity index (χ2v) is 9.72. The number of carbonyl (C=O) groups is 2. The van der Waals surface area contributed by atoms with Crippen LogP contribution in [0.5, 0.6) is 0 Å². The maximum atomic E-state index is 12.9. The number of fused-ring (bicyclic) bond motifs is 1. The van der Waals surface area contributed by atoms with Gasteiger partial charge in [0.1, 0.15) is 0 Å². The molecule has 166 valence electrons. The van der Waals surface area contributed by atoms with E-state index in [4.69, 9.17) is 10.8 Å². The average Bonchev–Trinajstić information content (AvgIpc) is 3.07. The second-order valence-electron chi connectivity index (χ2n) is 9.72. The number of aryl methyl sites for hydroxylation is 1. The lowest BCUT2D eigenvalue weighted by Gasteiger charge is -2.29. The number of hydrogen-bond donors (Lipinski definition) is 3. The number of nitrogens with zero attached hydrogens (tertiary/aromatic N) is 2. The molecule has 7 heteroatoms. The first-order valence-electron chi connectivity index (χ1n) is 11.2. The Morgan fingerprint density at radius 1 is 1.26 bits per heavy atom. The van der Waals surface area contributed by atoms with E-state index in [0.29, 0.717) is 24.1 Å². The molecule has 1 amide bonds. The minimum absolute atomic E-state index is 0.121. The highest BCUT2D eigenvalue weighted by atomic mass is 16.3. The Labute approximate surface area is 183 Å². The molecule has 31 heavy (non-hydrogen) atoms. The van der Waals surface area contributed by atoms with E-state index < -0.39 is 5.91 Å². The third-order valence-corrected chi connectivity index (χ3v) is 6.52. The van der Waals surface area contributed by atoms with Gasteiger partial charge in [-0.05, 0) is 62.1 Å². The summed E-state index contributed by atoms with van der Waals surface area (Å²) in [5.74, 6) is -0.333. The van der Waals surface area contributed by atoms with Gasteiger partial charge < -0.3 is 16.2 Å². The lowest BCUT2D eigenvalue weighted by atomic mass is 9.75. The van der Waals surface area contributed by atoms with Gasteiger partial charge in [0, 0.05) is 18.2 Å². The molecule has 0 unspecified atom stereocenters. The highest BCUT2D eigenvalue weighted by Crippen LogP contribution is 2.38. The number of rotatable bonds is 5. The Morgan fingerprint density at radius 3 is 2.61 bits per heavy atom. The van der Waals surface area contributed by atoms with Gasteiger partial charge in [-0.3, -0.25) is 9.59 Å². The summed E-state index contributed by atoms with van der Waals surface area (Å²) in [5.41, 5.74) is 9.96. The molecule has 4 rings (SSSR count). The van der Waals surface area contributed by atoms with E-state index in [0.717, 1.165) is 54.7 Å². The third-order valence-electron chi connectivity index (χ3n) is 6.52. The smallest absolute Gasteiger partial charge is 0.250 e. The van der Waals surface area contributed by atoms with Crippen molar-refractivity contribution in [3.05, 3.63) is 40.7 Å². The molecule has 7 nitrogen and oxygen atoms in total. The number of nitrogens with one attached hydrogen (secondary N) is 1. The van der Waals surface area contributed by atoms with Crippen molar-refractivity contribution in [2.45, 2.75) is 77.9 Å². The molecule has 1 aromatic carbocycles. The highest BCUT2D eigenvalue weighted by molar-refractivity contribution is 6.00. The molecular weight excluding hydrogens is 392 g/mol. The molecule has 2 aliphatic rings. The molecule has 0 bridgehead atoms. The number of hydrogen-bond acceptors (Lipinski definition) is 5. The lowest BCUT2D eigenvalue weighted by Crippen LogP contribution is -2.29. The molecule has 1 fully saturated rings. The molecule has 0 spiro atoms. The fourth-order valence-corrected chi connectivity index (χ4v) is 4.93. The van der Waals surface area contributed by atoms with Crippen molar-refractivity contribution in [2.75, 3.05) is 5.32 Å². The third kappa shape index (κ3) is 4.24. The number of primary amides is 1. The predicted molar refractivity (Wildman–Crippen MR) is 120 cm³/mol. The standard InChI is InChI=1S/C24H32N4O3/c1-4-18-22-20(12-24(2,3)13-21(22)30)28(27-18)15-7-10-17(23(25)31)19(11-15)26-14-5-8-16(29)9-6-14/h7,10-11,14,16,26,29H,4-6,8-9,12-13H2,1-3H3,(H2,25,31). The molecule has 0 radical (unpaired) electrons. The van der Waals surface area contributed by atoms with Crippen LogP contribution < -0.4 is 11.1 Å². The molecule has 0 atom stereocenters. The zero-order chi connectivity index (χ0) is 22.3. The Balaban J connectivity index is 1.75. The van der Waals surface area contributed by atoms with Gasteiger partial charge in [0.2, 0.25) is 0 Å². The molecular formula is C24H32N4O3. The quantitative estimate of drug-likeness (QED) is 0.681. The van der Waals surface area contributed by atoms with E-state index in [1.165, 1.54) is 0 Å². The van der Waals surface area contributed by atoms with Crippen molar-refractivity contribution in [3.8, 4) is 5.69 Å². The average molecular weight is 425 g/mol. The first-order chi connectivity index (χ1) is 14.7. The van der Waals surface area contributed by atoms with Crippen molar-refractivity contribution in [3.63, 3.8) is 0 Å². The number of ketones is 1. The van der Waals surface area contributed by atoms with Crippen molar-refractivity contribution >= 4 is 17.4 Å². The molecule has 2 aliphatic carbocycles. The molecule has 1 aromatic heterocycles. The van der Waals surface area contributed by atoms with Crippen LogP contribution in [0, 0.1) is 5.41 Å². The van der Waals surface area contributed by atoms with Gasteiger partial charge in [0.25, 0.3) is 5.91 Å². The minimum Gasteiger partial charge on any atom is -0.393 e. The summed E-state index contributed by atoms with van der Waals surface area (Å²) in [6.07, 6.45) is 4.90. The number of anilines is 1. The summed E-state index contributed by atoms with van der Waals surface area (Å²) in [6.45, 7) is 6.23. The first-order valence-corrected chi connectivity index (χ1v) is 11.2. The van der Waals surface area contributed by atoms with E-state index in [-0.39, 0.29) is 23.3 Å². The van der Waals surface area contributed by atoms with E-state index in [1.54, 1.807) is 6.07 Å². The normalized spacial score (nSPS) is 22.8. The SMILES string of the molecule is CCc1nn(-c2ccc(C(N)=O)c(NC3CCC(O)CC3)c2)c2c1C(=O)CC(C)(C)C2. The van der Waals surface area contributed by atoms with E-state index in [9.17, 15) is 14.7 Å². The van der Waals surface area contributed by atoms with Crippen LogP contribution in [0.1, 0.15) is 85.0 Å². The first kappa shape index (κ1) is 21.6. The molecule has 0 aliphatic heterocycles. The number of benzene rings is 1. The molecule has 1 saturated carbocycles. The molecule has 1 heterocycles. The summed E-state index contributed by atoms with van der Waals surface area (Å²) >= 11 is 0. The maximum absolute atomic E-state index is 12.9. The topological polar surface area (TPSA) is 110 Å². The van der Waals surface area contributed by atoms with Crippen molar-refractivity contribution in [1.29, 1.82) is 0 Å². The second kappa shape index (κ2) is 8.11. The molecule has 4 N–H and O–H groups in total. The number of carbonyl (C=O) groups excluding carboxylic acids is 2. The summed E-state index contributed by atoms with van der Waals surface area (Å²) in [5, 5.41) is 18.0. The minimum atomic E-state index is -0.488. The number of aliphatic hydroxyl groups excluding tert-OH is 1. The number of nitrogens with two attached hydrogens (primary N) is 1. The van der Waals surface area contributed by atoms with E-state index in [2.05, 4.69) is 19.2 Å². The summed E-state index contributed by atoms with van der Waals surface area (Å²) in [7, 11) is 0. The van der Waals surface area contributed by atoms with Crippen molar-refractivity contribution in [1.82, 2.24) is 9.78 Å². The van der Waals surface area contributed by atoms with E-state index in [1.807, 2.05) is 23.7 Å². The van der Waals surface area contributed by atoms with Crippen LogP contribution in [0.2, 0.25) is 0 Å². The molecule has 0 saturated heterocycles. The van der Waals surface area contributed by atoms with E-state index >= 15 is 0 Å².